The first kappa shape index (κ1) is 20.7. The Morgan fingerprint density at radius 2 is 2.00 bits per heavy atom. The summed E-state index contributed by atoms with van der Waals surface area (Å²) in [6, 6.07) is 6.70. The topological polar surface area (TPSA) is 128 Å². The Morgan fingerprint density at radius 3 is 2.59 bits per heavy atom. The summed E-state index contributed by atoms with van der Waals surface area (Å²) in [7, 11) is -2.28. The molecule has 9 nitrogen and oxygen atoms in total. The second-order valence-corrected chi connectivity index (χ2v) is 8.71. The number of nitriles is 1. The molecule has 0 bridgehead atoms. The quantitative estimate of drug-likeness (QED) is 0.721. The number of anilines is 2. The number of carbonyl (C=O) groups excluding carboxylic acids is 1. The summed E-state index contributed by atoms with van der Waals surface area (Å²) in [5.41, 5.74) is 7.20. The van der Waals surface area contributed by atoms with Crippen LogP contribution >= 0.6 is 0 Å². The number of methoxy groups -OCH3 is 1. The van der Waals surface area contributed by atoms with Crippen molar-refractivity contribution in [3.63, 3.8) is 0 Å². The van der Waals surface area contributed by atoms with Gasteiger partial charge in [0.1, 0.15) is 6.07 Å². The average Bonchev–Trinajstić information content (AvgIpc) is 3.09. The molecule has 1 fully saturated rings. The third kappa shape index (κ3) is 3.79. The monoisotopic (exact) mass is 418 g/mol. The first-order valence-electron chi connectivity index (χ1n) is 9.03. The minimum Gasteiger partial charge on any atom is -0.464 e. The lowest BCUT2D eigenvalue weighted by Gasteiger charge is -2.31. The molecule has 0 spiro atoms. The van der Waals surface area contributed by atoms with Gasteiger partial charge in [-0.3, -0.25) is 0 Å². The molecule has 29 heavy (non-hydrogen) atoms. The SMILES string of the molecule is CCS(=O)(=O)c1ccc(N2CCOCC2)c(-n2cc(C#N)c(N)c2C(=O)OC)c1. The van der Waals surface area contributed by atoms with Gasteiger partial charge >= 0.3 is 5.97 Å². The summed E-state index contributed by atoms with van der Waals surface area (Å²) in [5, 5.41) is 9.38. The van der Waals surface area contributed by atoms with Crippen LogP contribution in [-0.2, 0) is 19.3 Å². The van der Waals surface area contributed by atoms with E-state index >= 15 is 0 Å². The smallest absolute Gasteiger partial charge is 0.357 e. The minimum atomic E-state index is -3.49. The standard InChI is InChI=1S/C19H22N4O5S/c1-3-29(25,26)14-4-5-15(22-6-8-28-9-7-22)16(10-14)23-12-13(11-20)17(21)18(23)19(24)27-2/h4-5,10,12H,3,6-9,21H2,1-2H3. The number of ether oxygens (including phenoxy) is 2. The Bertz CT molecular complexity index is 1080. The third-order valence-electron chi connectivity index (χ3n) is 4.84. The van der Waals surface area contributed by atoms with Crippen molar-refractivity contribution in [1.29, 1.82) is 5.26 Å². The van der Waals surface area contributed by atoms with E-state index in [0.717, 1.165) is 0 Å². The Kier molecular flexibility index (Phi) is 5.81. The summed E-state index contributed by atoms with van der Waals surface area (Å²) in [5.74, 6) is -0.787. The lowest BCUT2D eigenvalue weighted by atomic mass is 10.2. The molecule has 0 amide bonds. The summed E-state index contributed by atoms with van der Waals surface area (Å²) in [6.45, 7) is 3.81. The number of esters is 1. The Labute approximate surface area is 169 Å². The van der Waals surface area contributed by atoms with Gasteiger partial charge in [0.25, 0.3) is 0 Å². The maximum atomic E-state index is 12.5. The van der Waals surface area contributed by atoms with Crippen molar-refractivity contribution in [3.8, 4) is 11.8 Å². The molecule has 1 saturated heterocycles. The molecule has 0 unspecified atom stereocenters. The zero-order chi connectivity index (χ0) is 21.2. The molecule has 1 aromatic carbocycles. The second-order valence-electron chi connectivity index (χ2n) is 6.43. The van der Waals surface area contributed by atoms with Gasteiger partial charge in [0, 0.05) is 19.3 Å². The number of nitrogens with two attached hydrogens (primary N) is 1. The van der Waals surface area contributed by atoms with Crippen LogP contribution in [-0.4, -0.2) is 58.1 Å². The molecule has 10 heteroatoms. The number of sulfone groups is 1. The first-order chi connectivity index (χ1) is 13.8. The number of nitrogen functional groups attached to an aromatic ring is 1. The highest BCUT2D eigenvalue weighted by Crippen LogP contribution is 2.33. The first-order valence-corrected chi connectivity index (χ1v) is 10.7. The van der Waals surface area contributed by atoms with Crippen molar-refractivity contribution in [2.45, 2.75) is 11.8 Å². The molecule has 0 radical (unpaired) electrons. The number of hydrogen-bond donors (Lipinski definition) is 1. The lowest BCUT2D eigenvalue weighted by molar-refractivity contribution is 0.0593. The molecular formula is C19H22N4O5S. The highest BCUT2D eigenvalue weighted by atomic mass is 32.2. The maximum absolute atomic E-state index is 12.5. The van der Waals surface area contributed by atoms with Gasteiger partial charge in [-0.1, -0.05) is 6.92 Å². The van der Waals surface area contributed by atoms with Crippen molar-refractivity contribution in [2.75, 3.05) is 49.8 Å². The van der Waals surface area contributed by atoms with Gasteiger partial charge in [-0.2, -0.15) is 5.26 Å². The van der Waals surface area contributed by atoms with E-state index in [1.807, 2.05) is 11.0 Å². The minimum absolute atomic E-state index is 0.0176. The van der Waals surface area contributed by atoms with Crippen LogP contribution in [0.4, 0.5) is 11.4 Å². The molecule has 1 aliphatic heterocycles. The molecule has 2 heterocycles. The fraction of sp³-hybridized carbons (Fsp3) is 0.368. The predicted octanol–water partition coefficient (Wildman–Crippen LogP) is 1.35. The van der Waals surface area contributed by atoms with Crippen LogP contribution in [0.5, 0.6) is 0 Å². The number of hydrogen-bond acceptors (Lipinski definition) is 8. The molecule has 154 valence electrons. The molecule has 2 aromatic rings. The van der Waals surface area contributed by atoms with Crippen LogP contribution in [0.15, 0.2) is 29.3 Å². The largest absolute Gasteiger partial charge is 0.464 e. The number of rotatable bonds is 5. The number of carbonyl (C=O) groups is 1. The summed E-state index contributed by atoms with van der Waals surface area (Å²) in [6.07, 6.45) is 1.42. The Balaban J connectivity index is 2.30. The molecule has 0 aliphatic carbocycles. The van der Waals surface area contributed by atoms with Gasteiger partial charge < -0.3 is 24.7 Å². The van der Waals surface area contributed by atoms with Crippen LogP contribution < -0.4 is 10.6 Å². The number of aromatic nitrogens is 1. The van der Waals surface area contributed by atoms with Crippen molar-refractivity contribution in [3.05, 3.63) is 35.7 Å². The van der Waals surface area contributed by atoms with Gasteiger partial charge in [0.15, 0.2) is 15.5 Å². The van der Waals surface area contributed by atoms with Crippen LogP contribution in [0.1, 0.15) is 23.0 Å². The van der Waals surface area contributed by atoms with E-state index in [-0.39, 0.29) is 27.6 Å². The van der Waals surface area contributed by atoms with E-state index in [1.165, 1.54) is 23.9 Å². The van der Waals surface area contributed by atoms with E-state index < -0.39 is 15.8 Å². The molecule has 1 aromatic heterocycles. The van der Waals surface area contributed by atoms with E-state index in [2.05, 4.69) is 0 Å². The normalized spacial score (nSPS) is 14.4. The van der Waals surface area contributed by atoms with Gasteiger partial charge in [0.05, 0.1) is 53.6 Å². The van der Waals surface area contributed by atoms with Crippen molar-refractivity contribution >= 4 is 27.2 Å². The van der Waals surface area contributed by atoms with Crippen molar-refractivity contribution in [1.82, 2.24) is 4.57 Å². The van der Waals surface area contributed by atoms with Crippen LogP contribution in [0.25, 0.3) is 5.69 Å². The molecule has 0 saturated carbocycles. The van der Waals surface area contributed by atoms with E-state index in [1.54, 1.807) is 19.1 Å². The van der Waals surface area contributed by atoms with E-state index in [9.17, 15) is 18.5 Å². The van der Waals surface area contributed by atoms with Crippen LogP contribution in [0.3, 0.4) is 0 Å². The molecular weight excluding hydrogens is 396 g/mol. The summed E-state index contributed by atoms with van der Waals surface area (Å²) in [4.78, 5) is 14.6. The zero-order valence-corrected chi connectivity index (χ0v) is 17.0. The summed E-state index contributed by atoms with van der Waals surface area (Å²) < 4.78 is 36.6. The van der Waals surface area contributed by atoms with E-state index in [4.69, 9.17) is 15.2 Å². The Morgan fingerprint density at radius 1 is 1.31 bits per heavy atom. The number of benzene rings is 1. The molecule has 3 rings (SSSR count). The van der Waals surface area contributed by atoms with Crippen LogP contribution in [0, 0.1) is 11.3 Å². The average molecular weight is 418 g/mol. The highest BCUT2D eigenvalue weighted by molar-refractivity contribution is 7.91. The van der Waals surface area contributed by atoms with Gasteiger partial charge in [-0.05, 0) is 18.2 Å². The van der Waals surface area contributed by atoms with Crippen LogP contribution in [0.2, 0.25) is 0 Å². The van der Waals surface area contributed by atoms with E-state index in [0.29, 0.717) is 37.7 Å². The zero-order valence-electron chi connectivity index (χ0n) is 16.2. The van der Waals surface area contributed by atoms with Gasteiger partial charge in [-0.25, -0.2) is 13.2 Å². The molecule has 2 N–H and O–H groups in total. The van der Waals surface area contributed by atoms with Crippen molar-refractivity contribution in [2.24, 2.45) is 0 Å². The number of morpholine rings is 1. The van der Waals surface area contributed by atoms with Gasteiger partial charge in [-0.15, -0.1) is 0 Å². The summed E-state index contributed by atoms with van der Waals surface area (Å²) >= 11 is 0. The van der Waals surface area contributed by atoms with Crippen molar-refractivity contribution < 1.29 is 22.7 Å². The fourth-order valence-electron chi connectivity index (χ4n) is 3.23. The lowest BCUT2D eigenvalue weighted by Crippen LogP contribution is -2.37. The number of nitrogens with zero attached hydrogens (tertiary/aromatic N) is 3. The fourth-order valence-corrected chi connectivity index (χ4v) is 4.13. The van der Waals surface area contributed by atoms with Gasteiger partial charge in [0.2, 0.25) is 0 Å². The highest BCUT2D eigenvalue weighted by Gasteiger charge is 2.26. The predicted molar refractivity (Wildman–Crippen MR) is 107 cm³/mol. The maximum Gasteiger partial charge on any atom is 0.357 e. The third-order valence-corrected chi connectivity index (χ3v) is 6.57. The Hall–Kier alpha value is -3.03. The molecule has 0 atom stereocenters. The molecule has 1 aliphatic rings. The second kappa shape index (κ2) is 8.14.